The SMILES string of the molecule is Cc1ccc(C(C)(C)C)c(OP(=O)(O)OCC[N+](C)(C)C)c1. The molecule has 6 heteroatoms. The molecule has 5 nitrogen and oxygen atoms in total. The van der Waals surface area contributed by atoms with Crippen LogP contribution in [-0.4, -0.2) is 43.7 Å². The van der Waals surface area contributed by atoms with Crippen molar-refractivity contribution < 1.29 is 23.0 Å². The number of likely N-dealkylation sites (N-methyl/N-ethyl adjacent to an activating group) is 1. The Labute approximate surface area is 134 Å². The van der Waals surface area contributed by atoms with Gasteiger partial charge in [-0.05, 0) is 24.0 Å². The Morgan fingerprint density at radius 2 is 1.82 bits per heavy atom. The molecule has 1 aromatic carbocycles. The molecular formula is C16H29NO4P+. The van der Waals surface area contributed by atoms with Crippen LogP contribution < -0.4 is 4.52 Å². The van der Waals surface area contributed by atoms with Gasteiger partial charge in [0.25, 0.3) is 0 Å². The zero-order chi connectivity index (χ0) is 17.2. The van der Waals surface area contributed by atoms with E-state index in [2.05, 4.69) is 0 Å². The molecular weight excluding hydrogens is 301 g/mol. The third-order valence-corrected chi connectivity index (χ3v) is 4.11. The number of phosphoric ester groups is 1. The molecule has 0 aromatic heterocycles. The van der Waals surface area contributed by atoms with Crippen molar-refractivity contribution in [1.29, 1.82) is 0 Å². The number of hydrogen-bond acceptors (Lipinski definition) is 3. The van der Waals surface area contributed by atoms with Gasteiger partial charge in [0.1, 0.15) is 18.9 Å². The number of phosphoric acid groups is 1. The van der Waals surface area contributed by atoms with Gasteiger partial charge in [0, 0.05) is 5.56 Å². The van der Waals surface area contributed by atoms with Gasteiger partial charge in [-0.1, -0.05) is 32.9 Å². The summed E-state index contributed by atoms with van der Waals surface area (Å²) in [5, 5.41) is 0. The lowest BCUT2D eigenvalue weighted by molar-refractivity contribution is -0.870. The van der Waals surface area contributed by atoms with Gasteiger partial charge in [0.15, 0.2) is 0 Å². The standard InChI is InChI=1S/C16H28NO4P/c1-13-8-9-14(16(2,3)4)15(12-13)21-22(18,19)20-11-10-17(5,6)7/h8-9,12H,10-11H2,1-7H3/p+1. The first kappa shape index (κ1) is 19.2. The Balaban J connectivity index is 2.89. The maximum absolute atomic E-state index is 12.2. The molecule has 1 atom stereocenters. The monoisotopic (exact) mass is 330 g/mol. The van der Waals surface area contributed by atoms with E-state index in [4.69, 9.17) is 9.05 Å². The fourth-order valence-electron chi connectivity index (χ4n) is 1.91. The molecule has 0 amide bonds. The number of benzene rings is 1. The lowest BCUT2D eigenvalue weighted by atomic mass is 9.86. The Morgan fingerprint density at radius 3 is 2.32 bits per heavy atom. The Hall–Kier alpha value is -0.870. The van der Waals surface area contributed by atoms with Gasteiger partial charge in [-0.15, -0.1) is 0 Å². The van der Waals surface area contributed by atoms with Crippen LogP contribution in [0.4, 0.5) is 0 Å². The van der Waals surface area contributed by atoms with Gasteiger partial charge >= 0.3 is 7.82 Å². The van der Waals surface area contributed by atoms with Crippen LogP contribution in [0.15, 0.2) is 18.2 Å². The molecule has 0 saturated heterocycles. The molecule has 0 heterocycles. The fraction of sp³-hybridized carbons (Fsp3) is 0.625. The second kappa shape index (κ2) is 6.71. The summed E-state index contributed by atoms with van der Waals surface area (Å²) in [6.45, 7) is 8.79. The minimum absolute atomic E-state index is 0.161. The summed E-state index contributed by atoms with van der Waals surface area (Å²) in [6, 6.07) is 5.66. The van der Waals surface area contributed by atoms with Crippen LogP contribution in [-0.2, 0) is 14.5 Å². The van der Waals surface area contributed by atoms with E-state index in [1.54, 1.807) is 6.07 Å². The molecule has 1 N–H and O–H groups in total. The van der Waals surface area contributed by atoms with E-state index in [1.165, 1.54) is 0 Å². The number of aryl methyl sites for hydroxylation is 1. The number of quaternary nitrogens is 1. The average molecular weight is 330 g/mol. The molecule has 0 aliphatic rings. The van der Waals surface area contributed by atoms with Gasteiger partial charge in [0.05, 0.1) is 21.1 Å². The molecule has 0 fully saturated rings. The molecule has 126 valence electrons. The van der Waals surface area contributed by atoms with Crippen molar-refractivity contribution >= 4 is 7.82 Å². The van der Waals surface area contributed by atoms with Gasteiger partial charge in [-0.3, -0.25) is 9.42 Å². The number of hydrogen-bond donors (Lipinski definition) is 1. The highest BCUT2D eigenvalue weighted by Gasteiger charge is 2.28. The molecule has 0 radical (unpaired) electrons. The van der Waals surface area contributed by atoms with E-state index < -0.39 is 7.82 Å². The van der Waals surface area contributed by atoms with Crippen LogP contribution in [0.3, 0.4) is 0 Å². The van der Waals surface area contributed by atoms with Crippen molar-refractivity contribution in [2.75, 3.05) is 34.3 Å². The first-order valence-electron chi connectivity index (χ1n) is 7.39. The first-order chi connectivity index (χ1) is 9.80. The summed E-state index contributed by atoms with van der Waals surface area (Å²) in [6.07, 6.45) is 0. The van der Waals surface area contributed by atoms with Gasteiger partial charge in [-0.2, -0.15) is 0 Å². The summed E-state index contributed by atoms with van der Waals surface area (Å²) in [5.41, 5.74) is 1.66. The lowest BCUT2D eigenvalue weighted by Gasteiger charge is -2.25. The second-order valence-electron chi connectivity index (χ2n) is 7.66. The Morgan fingerprint density at radius 1 is 1.23 bits per heavy atom. The van der Waals surface area contributed by atoms with Crippen molar-refractivity contribution in [2.24, 2.45) is 0 Å². The van der Waals surface area contributed by atoms with Crippen molar-refractivity contribution in [3.63, 3.8) is 0 Å². The molecule has 0 saturated carbocycles. The quantitative estimate of drug-likeness (QED) is 0.641. The molecule has 0 bridgehead atoms. The predicted molar refractivity (Wildman–Crippen MR) is 89.2 cm³/mol. The Bertz CT molecular complexity index is 558. The smallest absolute Gasteiger partial charge is 0.404 e. The zero-order valence-corrected chi connectivity index (χ0v) is 15.6. The zero-order valence-electron chi connectivity index (χ0n) is 14.7. The van der Waals surface area contributed by atoms with Crippen LogP contribution in [0, 0.1) is 6.92 Å². The summed E-state index contributed by atoms with van der Waals surface area (Å²) in [4.78, 5) is 9.95. The van der Waals surface area contributed by atoms with Crippen LogP contribution in [0.25, 0.3) is 0 Å². The number of nitrogens with zero attached hydrogens (tertiary/aromatic N) is 1. The highest BCUT2D eigenvalue weighted by molar-refractivity contribution is 7.47. The third-order valence-electron chi connectivity index (χ3n) is 3.18. The highest BCUT2D eigenvalue weighted by Crippen LogP contribution is 2.46. The Kier molecular flexibility index (Phi) is 5.85. The summed E-state index contributed by atoms with van der Waals surface area (Å²) in [7, 11) is 1.85. The van der Waals surface area contributed by atoms with Crippen molar-refractivity contribution in [1.82, 2.24) is 0 Å². The van der Waals surface area contributed by atoms with Gasteiger partial charge in [0.2, 0.25) is 0 Å². The van der Waals surface area contributed by atoms with E-state index in [0.717, 1.165) is 11.1 Å². The maximum Gasteiger partial charge on any atom is 0.527 e. The first-order valence-corrected chi connectivity index (χ1v) is 8.88. The molecule has 0 spiro atoms. The summed E-state index contributed by atoms with van der Waals surface area (Å²) >= 11 is 0. The largest absolute Gasteiger partial charge is 0.527 e. The van der Waals surface area contributed by atoms with E-state index in [-0.39, 0.29) is 12.0 Å². The highest BCUT2D eigenvalue weighted by atomic mass is 31.2. The normalized spacial score (nSPS) is 15.5. The third kappa shape index (κ3) is 6.49. The van der Waals surface area contributed by atoms with E-state index >= 15 is 0 Å². The van der Waals surface area contributed by atoms with Crippen LogP contribution >= 0.6 is 7.82 Å². The minimum Gasteiger partial charge on any atom is -0.404 e. The van der Waals surface area contributed by atoms with Crippen molar-refractivity contribution in [3.05, 3.63) is 29.3 Å². The second-order valence-corrected chi connectivity index (χ2v) is 9.03. The van der Waals surface area contributed by atoms with E-state index in [0.29, 0.717) is 16.8 Å². The summed E-state index contributed by atoms with van der Waals surface area (Å²) < 4.78 is 23.2. The van der Waals surface area contributed by atoms with E-state index in [1.807, 2.05) is 61.0 Å². The molecule has 0 aliphatic carbocycles. The topological polar surface area (TPSA) is 55.8 Å². The van der Waals surface area contributed by atoms with Gasteiger partial charge in [-0.25, -0.2) is 4.57 Å². The molecule has 22 heavy (non-hydrogen) atoms. The van der Waals surface area contributed by atoms with Crippen molar-refractivity contribution in [3.8, 4) is 5.75 Å². The number of rotatable bonds is 6. The average Bonchev–Trinajstić information content (AvgIpc) is 2.23. The molecule has 1 rings (SSSR count). The summed E-state index contributed by atoms with van der Waals surface area (Å²) in [5.74, 6) is 0.406. The predicted octanol–water partition coefficient (Wildman–Crippen LogP) is 3.49. The van der Waals surface area contributed by atoms with Crippen molar-refractivity contribution in [2.45, 2.75) is 33.1 Å². The lowest BCUT2D eigenvalue weighted by Crippen LogP contribution is -2.37. The molecule has 1 unspecified atom stereocenters. The van der Waals surface area contributed by atoms with Crippen LogP contribution in [0.2, 0.25) is 0 Å². The van der Waals surface area contributed by atoms with Gasteiger partial charge < -0.3 is 9.01 Å². The molecule has 1 aromatic rings. The fourth-order valence-corrected chi connectivity index (χ4v) is 2.67. The van der Waals surface area contributed by atoms with Crippen LogP contribution in [0.1, 0.15) is 31.9 Å². The van der Waals surface area contributed by atoms with E-state index in [9.17, 15) is 9.46 Å². The maximum atomic E-state index is 12.2. The molecule has 0 aliphatic heterocycles. The minimum atomic E-state index is -4.13. The van der Waals surface area contributed by atoms with Crippen LogP contribution in [0.5, 0.6) is 5.75 Å².